The van der Waals surface area contributed by atoms with E-state index in [0.717, 1.165) is 22.3 Å². The number of benzene rings is 2. The number of amides is 2. The lowest BCUT2D eigenvalue weighted by atomic mass is 9.98. The Morgan fingerprint density at radius 1 is 1.03 bits per heavy atom. The number of carbonyl (C=O) groups excluding carboxylic acids is 2. The number of aliphatic carboxylic acids is 1. The molecule has 1 saturated heterocycles. The average Bonchev–Trinajstić information content (AvgIpc) is 3.41. The molecule has 2 amide bonds. The quantitative estimate of drug-likeness (QED) is 0.622. The second-order valence-corrected chi connectivity index (χ2v) is 9.16. The number of carboxylic acid groups (broad SMARTS) is 1. The first-order chi connectivity index (χ1) is 15.9. The van der Waals surface area contributed by atoms with Gasteiger partial charge in [-0.2, -0.15) is 0 Å². The molecule has 2 aromatic carbocycles. The van der Waals surface area contributed by atoms with Gasteiger partial charge in [0.1, 0.15) is 12.6 Å². The summed E-state index contributed by atoms with van der Waals surface area (Å²) in [5.74, 6) is -1.51. The number of aliphatic hydroxyl groups excluding tert-OH is 1. The van der Waals surface area contributed by atoms with E-state index in [1.54, 1.807) is 0 Å². The minimum absolute atomic E-state index is 0.00247. The van der Waals surface area contributed by atoms with E-state index >= 15 is 0 Å². The summed E-state index contributed by atoms with van der Waals surface area (Å²) in [6.45, 7) is 0.268. The third-order valence-corrected chi connectivity index (χ3v) is 7.05. The molecule has 5 rings (SSSR count). The molecule has 3 aliphatic rings. The lowest BCUT2D eigenvalue weighted by Crippen LogP contribution is -2.47. The molecule has 2 aliphatic carbocycles. The summed E-state index contributed by atoms with van der Waals surface area (Å²) in [6.07, 6.45) is -0.298. The number of fused-ring (bicyclic) bond motifs is 3. The lowest BCUT2D eigenvalue weighted by molar-refractivity contribution is -0.150. The average molecular weight is 450 g/mol. The van der Waals surface area contributed by atoms with E-state index in [4.69, 9.17) is 4.74 Å². The summed E-state index contributed by atoms with van der Waals surface area (Å²) < 4.78 is 5.54. The fourth-order valence-corrected chi connectivity index (χ4v) is 5.08. The van der Waals surface area contributed by atoms with Gasteiger partial charge < -0.3 is 25.2 Å². The van der Waals surface area contributed by atoms with Gasteiger partial charge >= 0.3 is 12.1 Å². The Labute approximate surface area is 191 Å². The van der Waals surface area contributed by atoms with Crippen molar-refractivity contribution in [3.63, 3.8) is 0 Å². The molecule has 0 radical (unpaired) electrons. The van der Waals surface area contributed by atoms with Crippen LogP contribution in [0.15, 0.2) is 48.5 Å². The van der Waals surface area contributed by atoms with E-state index in [-0.39, 0.29) is 37.9 Å². The smallest absolute Gasteiger partial charge is 0.407 e. The van der Waals surface area contributed by atoms with Crippen LogP contribution < -0.4 is 5.32 Å². The highest BCUT2D eigenvalue weighted by molar-refractivity contribution is 5.90. The second-order valence-electron chi connectivity index (χ2n) is 9.16. The van der Waals surface area contributed by atoms with Crippen LogP contribution in [0.4, 0.5) is 4.79 Å². The third kappa shape index (κ3) is 3.84. The number of β-amino-alcohol motifs (C(OH)–C–C–N with tert-alkyl or cyclic N) is 1. The summed E-state index contributed by atoms with van der Waals surface area (Å²) in [7, 11) is 0. The van der Waals surface area contributed by atoms with Crippen LogP contribution in [0.5, 0.6) is 0 Å². The zero-order valence-corrected chi connectivity index (χ0v) is 18.1. The van der Waals surface area contributed by atoms with Gasteiger partial charge in [0.2, 0.25) is 5.91 Å². The van der Waals surface area contributed by atoms with Crippen molar-refractivity contribution in [2.45, 2.75) is 37.3 Å². The Morgan fingerprint density at radius 2 is 1.64 bits per heavy atom. The summed E-state index contributed by atoms with van der Waals surface area (Å²) in [5, 5.41) is 21.9. The van der Waals surface area contributed by atoms with Gasteiger partial charge in [0.15, 0.2) is 0 Å². The van der Waals surface area contributed by atoms with Crippen LogP contribution in [0.2, 0.25) is 0 Å². The number of hydrogen-bond donors (Lipinski definition) is 3. The first-order valence-corrected chi connectivity index (χ1v) is 11.2. The maximum atomic E-state index is 13.0. The first-order valence-electron chi connectivity index (χ1n) is 11.2. The minimum atomic E-state index is -1.12. The number of carbonyl (C=O) groups is 3. The van der Waals surface area contributed by atoms with Gasteiger partial charge in [-0.15, -0.1) is 0 Å². The molecule has 1 saturated carbocycles. The van der Waals surface area contributed by atoms with Gasteiger partial charge in [-0.05, 0) is 35.1 Å². The number of hydrogen-bond acceptors (Lipinski definition) is 5. The first kappa shape index (κ1) is 21.5. The second kappa shape index (κ2) is 8.19. The molecule has 0 spiro atoms. The fraction of sp³-hybridized carbons (Fsp3) is 0.400. The van der Waals surface area contributed by atoms with E-state index in [0.29, 0.717) is 12.8 Å². The minimum Gasteiger partial charge on any atom is -0.480 e. The molecular weight excluding hydrogens is 424 g/mol. The van der Waals surface area contributed by atoms with Crippen molar-refractivity contribution in [1.29, 1.82) is 0 Å². The molecule has 0 aromatic heterocycles. The molecule has 1 heterocycles. The van der Waals surface area contributed by atoms with Crippen molar-refractivity contribution in [3.8, 4) is 11.1 Å². The largest absolute Gasteiger partial charge is 0.480 e. The maximum absolute atomic E-state index is 13.0. The van der Waals surface area contributed by atoms with Crippen LogP contribution in [-0.2, 0) is 14.3 Å². The Bertz CT molecular complexity index is 1070. The fourth-order valence-electron chi connectivity index (χ4n) is 5.08. The molecule has 172 valence electrons. The Kier molecular flexibility index (Phi) is 5.32. The number of rotatable bonds is 6. The van der Waals surface area contributed by atoms with Crippen molar-refractivity contribution < 1.29 is 29.3 Å². The Morgan fingerprint density at radius 3 is 2.21 bits per heavy atom. The van der Waals surface area contributed by atoms with Gasteiger partial charge in [-0.3, -0.25) is 4.79 Å². The number of likely N-dealkylation sites (tertiary alicyclic amines) is 1. The zero-order valence-electron chi connectivity index (χ0n) is 18.1. The predicted octanol–water partition coefficient (Wildman–Crippen LogP) is 2.35. The summed E-state index contributed by atoms with van der Waals surface area (Å²) in [5.41, 5.74) is 3.71. The highest BCUT2D eigenvalue weighted by Crippen LogP contribution is 2.48. The van der Waals surface area contributed by atoms with Gasteiger partial charge in [-0.25, -0.2) is 9.59 Å². The molecule has 33 heavy (non-hydrogen) atoms. The van der Waals surface area contributed by atoms with Crippen LogP contribution in [0.3, 0.4) is 0 Å². The molecule has 3 N–H and O–H groups in total. The monoisotopic (exact) mass is 450 g/mol. The molecule has 8 nitrogen and oxygen atoms in total. The third-order valence-electron chi connectivity index (χ3n) is 7.05. The molecule has 0 unspecified atom stereocenters. The number of aliphatic hydroxyl groups is 1. The highest BCUT2D eigenvalue weighted by Gasteiger charge is 2.55. The normalized spacial score (nSPS) is 22.4. The van der Waals surface area contributed by atoms with Crippen LogP contribution in [-0.4, -0.2) is 64.9 Å². The number of alkyl carbamates (subject to hydrolysis) is 1. The zero-order chi connectivity index (χ0) is 23.2. The van der Waals surface area contributed by atoms with E-state index in [1.165, 1.54) is 4.90 Å². The standard InChI is InChI=1S/C25H26N2O6/c28-15-11-21(22(29)30)27(12-15)23(31)25(9-10-25)14-26-24(32)33-13-20-18-7-3-1-5-16(18)17-6-2-4-8-19(17)20/h1-8,15,20-21,28H,9-14H2,(H,26,32)(H,29,30)/t15-,21-/m1/s1. The van der Waals surface area contributed by atoms with Gasteiger partial charge in [0, 0.05) is 25.4 Å². The number of nitrogens with zero attached hydrogens (tertiary/aromatic N) is 1. The van der Waals surface area contributed by atoms with Crippen LogP contribution in [0, 0.1) is 5.41 Å². The van der Waals surface area contributed by atoms with E-state index in [1.807, 2.05) is 36.4 Å². The van der Waals surface area contributed by atoms with Crippen molar-refractivity contribution >= 4 is 18.0 Å². The van der Waals surface area contributed by atoms with Gasteiger partial charge in [0.25, 0.3) is 0 Å². The van der Waals surface area contributed by atoms with Crippen molar-refractivity contribution in [2.24, 2.45) is 5.41 Å². The molecule has 8 heteroatoms. The summed E-state index contributed by atoms with van der Waals surface area (Å²) in [6, 6.07) is 15.1. The van der Waals surface area contributed by atoms with Crippen molar-refractivity contribution in [2.75, 3.05) is 19.7 Å². The van der Waals surface area contributed by atoms with Crippen LogP contribution >= 0.6 is 0 Å². The molecule has 2 fully saturated rings. The molecular formula is C25H26N2O6. The summed E-state index contributed by atoms with van der Waals surface area (Å²) >= 11 is 0. The van der Waals surface area contributed by atoms with Crippen LogP contribution in [0.1, 0.15) is 36.3 Å². The Hall–Kier alpha value is -3.39. The predicted molar refractivity (Wildman–Crippen MR) is 118 cm³/mol. The number of nitrogens with one attached hydrogen (secondary N) is 1. The van der Waals surface area contributed by atoms with Gasteiger partial charge in [-0.1, -0.05) is 48.5 Å². The molecule has 2 aromatic rings. The van der Waals surface area contributed by atoms with E-state index in [2.05, 4.69) is 17.4 Å². The van der Waals surface area contributed by atoms with E-state index < -0.39 is 29.6 Å². The molecule has 1 aliphatic heterocycles. The van der Waals surface area contributed by atoms with E-state index in [9.17, 15) is 24.6 Å². The summed E-state index contributed by atoms with van der Waals surface area (Å²) in [4.78, 5) is 38.2. The van der Waals surface area contributed by atoms with Crippen molar-refractivity contribution in [3.05, 3.63) is 59.7 Å². The maximum Gasteiger partial charge on any atom is 0.407 e. The topological polar surface area (TPSA) is 116 Å². The number of carboxylic acids is 1. The lowest BCUT2D eigenvalue weighted by Gasteiger charge is -2.26. The molecule has 0 bridgehead atoms. The van der Waals surface area contributed by atoms with Crippen LogP contribution in [0.25, 0.3) is 11.1 Å². The SMILES string of the molecule is O=C(NCC1(C(=O)N2C[C@H](O)C[C@@H]2C(=O)O)CC1)OCC1c2ccccc2-c2ccccc21. The highest BCUT2D eigenvalue weighted by atomic mass is 16.5. The number of ether oxygens (including phenoxy) is 1. The Balaban J connectivity index is 1.20. The van der Waals surface area contributed by atoms with Crippen molar-refractivity contribution in [1.82, 2.24) is 10.2 Å². The molecule has 2 atom stereocenters. The van der Waals surface area contributed by atoms with Gasteiger partial charge in [0.05, 0.1) is 11.5 Å².